The fourth-order valence-electron chi connectivity index (χ4n) is 6.88. The number of carbonyl (C=O) groups excluding carboxylic acids is 1. The summed E-state index contributed by atoms with van der Waals surface area (Å²) in [6.45, 7) is 6.75. The number of hydrogen-bond acceptors (Lipinski definition) is 8. The van der Waals surface area contributed by atoms with Gasteiger partial charge in [-0.25, -0.2) is 4.98 Å². The number of fused-ring (bicyclic) bond motifs is 1. The van der Waals surface area contributed by atoms with E-state index in [0.717, 1.165) is 85.6 Å². The summed E-state index contributed by atoms with van der Waals surface area (Å²) in [4.78, 5) is 22.5. The number of para-hydroxylation sites is 1. The Balaban J connectivity index is 1.11. The van der Waals surface area contributed by atoms with E-state index >= 15 is 0 Å². The van der Waals surface area contributed by atoms with Crippen LogP contribution in [-0.2, 0) is 9.53 Å². The molecule has 2 aromatic heterocycles. The van der Waals surface area contributed by atoms with Gasteiger partial charge in [0, 0.05) is 24.8 Å². The number of piperidine rings is 2. The SMILES string of the molecule is CC1(/C=C(\C#N)C(=O)N2CCC[C@@H](n3nc(-c4ccc(Oc5ccccc5)cc4)c4c(N)nccc43)C2)CCN(C2COC2)CC1. The summed E-state index contributed by atoms with van der Waals surface area (Å²) >= 11 is 0. The van der Waals surface area contributed by atoms with Crippen molar-refractivity contribution in [1.29, 1.82) is 5.26 Å². The third kappa shape index (κ3) is 5.96. The second-order valence-corrected chi connectivity index (χ2v) is 12.9. The molecule has 4 aromatic rings. The monoisotopic (exact) mass is 617 g/mol. The number of nitrogens with zero attached hydrogens (tertiary/aromatic N) is 6. The predicted octanol–water partition coefficient (Wildman–Crippen LogP) is 5.59. The van der Waals surface area contributed by atoms with E-state index in [9.17, 15) is 10.1 Å². The number of hydrogen-bond donors (Lipinski definition) is 1. The van der Waals surface area contributed by atoms with E-state index in [-0.39, 0.29) is 22.9 Å². The molecule has 3 fully saturated rings. The topological polar surface area (TPSA) is 123 Å². The van der Waals surface area contributed by atoms with Crippen molar-refractivity contribution in [3.8, 4) is 28.8 Å². The van der Waals surface area contributed by atoms with Gasteiger partial charge in [0.15, 0.2) is 0 Å². The van der Waals surface area contributed by atoms with E-state index in [1.165, 1.54) is 0 Å². The van der Waals surface area contributed by atoms with Gasteiger partial charge in [0.1, 0.15) is 34.7 Å². The molecule has 3 aliphatic heterocycles. The molecule has 0 aliphatic carbocycles. The highest BCUT2D eigenvalue weighted by molar-refractivity contribution is 6.00. The summed E-state index contributed by atoms with van der Waals surface area (Å²) in [6.07, 6.45) is 7.14. The number of likely N-dealkylation sites (tertiary alicyclic amines) is 2. The lowest BCUT2D eigenvalue weighted by Crippen LogP contribution is -2.53. The number of anilines is 1. The highest BCUT2D eigenvalue weighted by atomic mass is 16.5. The molecule has 10 heteroatoms. The second-order valence-electron chi connectivity index (χ2n) is 12.9. The lowest BCUT2D eigenvalue weighted by Gasteiger charge is -2.44. The number of pyridine rings is 1. The van der Waals surface area contributed by atoms with Crippen LogP contribution in [0.25, 0.3) is 22.2 Å². The number of nitriles is 1. The van der Waals surface area contributed by atoms with Crippen molar-refractivity contribution < 1.29 is 14.3 Å². The molecule has 2 N–H and O–H groups in total. The molecule has 3 aliphatic rings. The fraction of sp³-hybridized carbons (Fsp3) is 0.389. The summed E-state index contributed by atoms with van der Waals surface area (Å²) in [5.74, 6) is 1.70. The Kier molecular flexibility index (Phi) is 8.20. The number of nitrogen functional groups attached to an aromatic ring is 1. The van der Waals surface area contributed by atoms with Gasteiger partial charge in [-0.1, -0.05) is 31.2 Å². The molecule has 46 heavy (non-hydrogen) atoms. The zero-order chi connectivity index (χ0) is 31.7. The molecule has 3 saturated heterocycles. The van der Waals surface area contributed by atoms with E-state index in [0.29, 0.717) is 24.9 Å². The molecule has 0 bridgehead atoms. The lowest BCUT2D eigenvalue weighted by molar-refractivity contribution is -0.128. The Morgan fingerprint density at radius 2 is 1.78 bits per heavy atom. The van der Waals surface area contributed by atoms with Crippen LogP contribution in [0.4, 0.5) is 5.82 Å². The maximum Gasteiger partial charge on any atom is 0.264 e. The first-order valence-corrected chi connectivity index (χ1v) is 16.1. The van der Waals surface area contributed by atoms with Crippen molar-refractivity contribution in [3.63, 3.8) is 0 Å². The first-order chi connectivity index (χ1) is 22.4. The largest absolute Gasteiger partial charge is 0.457 e. The van der Waals surface area contributed by atoms with Crippen LogP contribution in [0.1, 0.15) is 38.6 Å². The first-order valence-electron chi connectivity index (χ1n) is 16.1. The van der Waals surface area contributed by atoms with Crippen LogP contribution >= 0.6 is 0 Å². The van der Waals surface area contributed by atoms with Gasteiger partial charge in [0.05, 0.1) is 36.2 Å². The van der Waals surface area contributed by atoms with Crippen LogP contribution in [0.3, 0.4) is 0 Å². The smallest absolute Gasteiger partial charge is 0.264 e. The van der Waals surface area contributed by atoms with Gasteiger partial charge in [0.25, 0.3) is 5.91 Å². The van der Waals surface area contributed by atoms with E-state index in [4.69, 9.17) is 20.3 Å². The number of allylic oxidation sites excluding steroid dienone is 1. The van der Waals surface area contributed by atoms with E-state index in [1.807, 2.05) is 76.3 Å². The molecule has 0 radical (unpaired) electrons. The maximum absolute atomic E-state index is 13.8. The molecule has 7 rings (SSSR count). The summed E-state index contributed by atoms with van der Waals surface area (Å²) in [5, 5.41) is 16.0. The minimum absolute atomic E-state index is 0.0695. The molecular weight excluding hydrogens is 578 g/mol. The number of ether oxygens (including phenoxy) is 2. The Morgan fingerprint density at radius 1 is 1.04 bits per heavy atom. The summed E-state index contributed by atoms with van der Waals surface area (Å²) < 4.78 is 13.3. The van der Waals surface area contributed by atoms with Crippen LogP contribution in [0.5, 0.6) is 11.5 Å². The van der Waals surface area contributed by atoms with Crippen molar-refractivity contribution in [2.45, 2.75) is 44.7 Å². The average molecular weight is 618 g/mol. The normalized spacial score (nSPS) is 20.7. The zero-order valence-corrected chi connectivity index (χ0v) is 26.1. The van der Waals surface area contributed by atoms with Crippen molar-refractivity contribution in [1.82, 2.24) is 24.6 Å². The van der Waals surface area contributed by atoms with Crippen LogP contribution in [0, 0.1) is 16.7 Å². The standard InChI is InChI=1S/C36H39N7O3/c1-36(14-18-41(19-15-36)28-23-45-24-28)20-26(21-37)35(44)42-17-5-6-27(22-42)43-31-13-16-39-34(38)32(31)33(40-43)25-9-11-30(12-10-25)46-29-7-3-2-4-8-29/h2-4,7-13,16,20,27-28H,5-6,14-15,17-19,22-24H2,1H3,(H2,38,39)/b26-20+/t27-/m1/s1. The van der Waals surface area contributed by atoms with Crippen LogP contribution in [0.15, 0.2) is 78.5 Å². The molecular formula is C36H39N7O3. The number of carbonyl (C=O) groups is 1. The molecule has 5 heterocycles. The molecule has 10 nitrogen and oxygen atoms in total. The quantitative estimate of drug-likeness (QED) is 0.211. The number of rotatable bonds is 7. The second kappa shape index (κ2) is 12.6. The molecule has 2 aromatic carbocycles. The van der Waals surface area contributed by atoms with E-state index in [1.54, 1.807) is 6.20 Å². The molecule has 1 atom stereocenters. The number of benzene rings is 2. The molecule has 0 unspecified atom stereocenters. The van der Waals surface area contributed by atoms with Crippen LogP contribution < -0.4 is 10.5 Å². The predicted molar refractivity (Wildman–Crippen MR) is 176 cm³/mol. The summed E-state index contributed by atoms with van der Waals surface area (Å²) in [5.41, 5.74) is 8.99. The number of amides is 1. The Bertz CT molecular complexity index is 1780. The first kappa shape index (κ1) is 30.0. The molecule has 0 spiro atoms. The van der Waals surface area contributed by atoms with Crippen LogP contribution in [0.2, 0.25) is 0 Å². The Labute approximate surface area is 269 Å². The number of nitrogens with two attached hydrogens (primary N) is 1. The lowest BCUT2D eigenvalue weighted by atomic mass is 9.78. The third-order valence-corrected chi connectivity index (χ3v) is 9.71. The van der Waals surface area contributed by atoms with Gasteiger partial charge in [0.2, 0.25) is 0 Å². The van der Waals surface area contributed by atoms with Crippen molar-refractivity contribution in [2.75, 3.05) is 45.1 Å². The van der Waals surface area contributed by atoms with Crippen molar-refractivity contribution >= 4 is 22.6 Å². The maximum atomic E-state index is 13.8. The minimum atomic E-state index is -0.199. The van der Waals surface area contributed by atoms with E-state index < -0.39 is 0 Å². The van der Waals surface area contributed by atoms with Crippen LogP contribution in [-0.4, -0.2) is 75.9 Å². The van der Waals surface area contributed by atoms with Gasteiger partial charge >= 0.3 is 0 Å². The third-order valence-electron chi connectivity index (χ3n) is 9.71. The molecule has 236 valence electrons. The van der Waals surface area contributed by atoms with Crippen molar-refractivity contribution in [2.24, 2.45) is 5.41 Å². The van der Waals surface area contributed by atoms with Gasteiger partial charge in [-0.3, -0.25) is 14.4 Å². The van der Waals surface area contributed by atoms with Crippen molar-refractivity contribution in [3.05, 3.63) is 78.5 Å². The Hall–Kier alpha value is -4.72. The van der Waals surface area contributed by atoms with Gasteiger partial charge in [-0.2, -0.15) is 10.4 Å². The number of aromatic nitrogens is 3. The highest BCUT2D eigenvalue weighted by Gasteiger charge is 2.36. The molecule has 0 saturated carbocycles. The zero-order valence-electron chi connectivity index (χ0n) is 26.1. The summed E-state index contributed by atoms with van der Waals surface area (Å²) in [7, 11) is 0. The fourth-order valence-corrected chi connectivity index (χ4v) is 6.88. The van der Waals surface area contributed by atoms with Gasteiger partial charge < -0.3 is 20.1 Å². The van der Waals surface area contributed by atoms with E-state index in [2.05, 4.69) is 22.9 Å². The Morgan fingerprint density at radius 3 is 2.48 bits per heavy atom. The molecule has 1 amide bonds. The minimum Gasteiger partial charge on any atom is -0.457 e. The average Bonchev–Trinajstić information content (AvgIpc) is 3.46. The summed E-state index contributed by atoms with van der Waals surface area (Å²) in [6, 6.07) is 22.1. The highest BCUT2D eigenvalue weighted by Crippen LogP contribution is 2.37. The van der Waals surface area contributed by atoms with Gasteiger partial charge in [-0.15, -0.1) is 0 Å². The van der Waals surface area contributed by atoms with Gasteiger partial charge in [-0.05, 0) is 86.7 Å².